The molecule has 0 saturated carbocycles. The molecular weight excluding hydrogens is 304 g/mol. The maximum Gasteiger partial charge on any atom is 0.248 e. The van der Waals surface area contributed by atoms with E-state index in [4.69, 9.17) is 4.74 Å². The molecule has 126 valence electrons. The second kappa shape index (κ2) is 7.88. The van der Waals surface area contributed by atoms with Crippen LogP contribution in [0.4, 0.5) is 5.82 Å². The van der Waals surface area contributed by atoms with E-state index in [1.807, 2.05) is 42.3 Å². The van der Waals surface area contributed by atoms with Gasteiger partial charge in [0.05, 0.1) is 12.3 Å². The number of piperazine rings is 1. The highest BCUT2D eigenvalue weighted by Gasteiger charge is 2.21. The Bertz CT molecular complexity index is 652. The minimum Gasteiger partial charge on any atom is -0.365 e. The summed E-state index contributed by atoms with van der Waals surface area (Å²) in [5, 5.41) is 0. The molecule has 1 amide bonds. The summed E-state index contributed by atoms with van der Waals surface area (Å²) in [6.45, 7) is 5.46. The zero-order valence-corrected chi connectivity index (χ0v) is 13.9. The number of pyridine rings is 2. The summed E-state index contributed by atoms with van der Waals surface area (Å²) in [4.78, 5) is 24.9. The molecule has 24 heavy (non-hydrogen) atoms. The van der Waals surface area contributed by atoms with Crippen molar-refractivity contribution in [3.63, 3.8) is 0 Å². The van der Waals surface area contributed by atoms with Crippen LogP contribution in [0.1, 0.15) is 11.3 Å². The van der Waals surface area contributed by atoms with E-state index in [9.17, 15) is 4.79 Å². The van der Waals surface area contributed by atoms with Crippen molar-refractivity contribution in [3.05, 3.63) is 54.0 Å². The van der Waals surface area contributed by atoms with Crippen LogP contribution in [0.15, 0.2) is 42.7 Å². The summed E-state index contributed by atoms with van der Waals surface area (Å²) in [5.74, 6) is 1.00. The lowest BCUT2D eigenvalue weighted by Gasteiger charge is -2.35. The molecule has 1 aliphatic rings. The number of hydrogen-bond donors (Lipinski definition) is 0. The summed E-state index contributed by atoms with van der Waals surface area (Å²) >= 11 is 0. The van der Waals surface area contributed by atoms with Crippen LogP contribution < -0.4 is 4.90 Å². The van der Waals surface area contributed by atoms with Gasteiger partial charge in [-0.1, -0.05) is 12.1 Å². The van der Waals surface area contributed by atoms with E-state index in [1.165, 1.54) is 0 Å². The summed E-state index contributed by atoms with van der Waals surface area (Å²) in [6.07, 6.45) is 3.59. The topological polar surface area (TPSA) is 58.6 Å². The quantitative estimate of drug-likeness (QED) is 0.836. The normalized spacial score (nSPS) is 14.7. The Labute approximate surface area is 142 Å². The number of nitrogens with zero attached hydrogens (tertiary/aromatic N) is 4. The zero-order chi connectivity index (χ0) is 16.8. The highest BCUT2D eigenvalue weighted by atomic mass is 16.5. The van der Waals surface area contributed by atoms with Crippen LogP contribution in [-0.4, -0.2) is 53.6 Å². The van der Waals surface area contributed by atoms with Gasteiger partial charge in [0.15, 0.2) is 0 Å². The van der Waals surface area contributed by atoms with Gasteiger partial charge in [0.25, 0.3) is 0 Å². The fourth-order valence-corrected chi connectivity index (χ4v) is 2.65. The Morgan fingerprint density at radius 2 is 1.96 bits per heavy atom. The average Bonchev–Trinajstić information content (AvgIpc) is 2.63. The van der Waals surface area contributed by atoms with E-state index in [2.05, 4.69) is 20.9 Å². The Hall–Kier alpha value is -2.47. The summed E-state index contributed by atoms with van der Waals surface area (Å²) in [6, 6.07) is 9.74. The highest BCUT2D eigenvalue weighted by molar-refractivity contribution is 5.77. The van der Waals surface area contributed by atoms with Crippen molar-refractivity contribution >= 4 is 11.7 Å². The molecule has 0 atom stereocenters. The number of anilines is 1. The highest BCUT2D eigenvalue weighted by Crippen LogP contribution is 2.14. The molecule has 2 aromatic rings. The van der Waals surface area contributed by atoms with E-state index >= 15 is 0 Å². The first kappa shape index (κ1) is 16.4. The van der Waals surface area contributed by atoms with Gasteiger partial charge in [0, 0.05) is 38.6 Å². The van der Waals surface area contributed by atoms with Gasteiger partial charge in [-0.05, 0) is 30.7 Å². The Balaban J connectivity index is 1.42. The predicted molar refractivity (Wildman–Crippen MR) is 91.7 cm³/mol. The van der Waals surface area contributed by atoms with Crippen molar-refractivity contribution in [2.75, 3.05) is 37.7 Å². The van der Waals surface area contributed by atoms with Gasteiger partial charge in [-0.25, -0.2) is 4.98 Å². The molecule has 3 rings (SSSR count). The lowest BCUT2D eigenvalue weighted by molar-refractivity contribution is -0.136. The molecule has 0 aliphatic carbocycles. The standard InChI is InChI=1S/C18H22N4O2/c1-15-5-6-17(20-12-15)21-8-10-22(11-9-21)18(23)14-24-13-16-4-2-3-7-19-16/h2-7,12H,8-11,13-14H2,1H3. The Kier molecular flexibility index (Phi) is 5.38. The average molecular weight is 326 g/mol. The lowest BCUT2D eigenvalue weighted by atomic mass is 10.2. The van der Waals surface area contributed by atoms with Crippen LogP contribution in [-0.2, 0) is 16.1 Å². The van der Waals surface area contributed by atoms with Crippen LogP contribution >= 0.6 is 0 Å². The van der Waals surface area contributed by atoms with Gasteiger partial charge in [0.1, 0.15) is 12.4 Å². The van der Waals surface area contributed by atoms with Crippen LogP contribution in [0.25, 0.3) is 0 Å². The van der Waals surface area contributed by atoms with Crippen molar-refractivity contribution in [1.29, 1.82) is 0 Å². The van der Waals surface area contributed by atoms with Crippen molar-refractivity contribution < 1.29 is 9.53 Å². The number of rotatable bonds is 5. The lowest BCUT2D eigenvalue weighted by Crippen LogP contribution is -2.50. The molecule has 0 radical (unpaired) electrons. The van der Waals surface area contributed by atoms with Crippen molar-refractivity contribution in [2.45, 2.75) is 13.5 Å². The van der Waals surface area contributed by atoms with E-state index < -0.39 is 0 Å². The molecule has 1 aliphatic heterocycles. The van der Waals surface area contributed by atoms with Gasteiger partial charge in [-0.15, -0.1) is 0 Å². The third-order valence-corrected chi connectivity index (χ3v) is 4.05. The molecule has 0 N–H and O–H groups in total. The van der Waals surface area contributed by atoms with E-state index in [1.54, 1.807) is 6.20 Å². The second-order valence-corrected chi connectivity index (χ2v) is 5.88. The number of carbonyl (C=O) groups is 1. The molecule has 3 heterocycles. The van der Waals surface area contributed by atoms with Gasteiger partial charge in [-0.2, -0.15) is 0 Å². The van der Waals surface area contributed by atoms with E-state index in [-0.39, 0.29) is 12.5 Å². The number of amides is 1. The monoisotopic (exact) mass is 326 g/mol. The van der Waals surface area contributed by atoms with Crippen molar-refractivity contribution in [1.82, 2.24) is 14.9 Å². The molecular formula is C18H22N4O2. The first-order valence-electron chi connectivity index (χ1n) is 8.15. The third kappa shape index (κ3) is 4.29. The first-order chi connectivity index (χ1) is 11.7. The van der Waals surface area contributed by atoms with E-state index in [0.29, 0.717) is 19.7 Å². The Morgan fingerprint density at radius 1 is 1.12 bits per heavy atom. The van der Waals surface area contributed by atoms with Crippen molar-refractivity contribution in [2.24, 2.45) is 0 Å². The molecule has 1 fully saturated rings. The number of aryl methyl sites for hydroxylation is 1. The maximum absolute atomic E-state index is 12.2. The van der Waals surface area contributed by atoms with Crippen LogP contribution in [0.2, 0.25) is 0 Å². The predicted octanol–water partition coefficient (Wildman–Crippen LogP) is 1.65. The number of ether oxygens (including phenoxy) is 1. The molecule has 6 heteroatoms. The van der Waals surface area contributed by atoms with Crippen LogP contribution in [0.3, 0.4) is 0 Å². The molecule has 0 bridgehead atoms. The maximum atomic E-state index is 12.2. The summed E-state index contributed by atoms with van der Waals surface area (Å²) in [5.41, 5.74) is 1.98. The Morgan fingerprint density at radius 3 is 2.62 bits per heavy atom. The summed E-state index contributed by atoms with van der Waals surface area (Å²) < 4.78 is 5.48. The number of hydrogen-bond acceptors (Lipinski definition) is 5. The molecule has 0 unspecified atom stereocenters. The number of aromatic nitrogens is 2. The van der Waals surface area contributed by atoms with Gasteiger partial charge >= 0.3 is 0 Å². The van der Waals surface area contributed by atoms with E-state index in [0.717, 1.165) is 30.2 Å². The minimum atomic E-state index is 0.0300. The smallest absolute Gasteiger partial charge is 0.248 e. The first-order valence-corrected chi connectivity index (χ1v) is 8.15. The second-order valence-electron chi connectivity index (χ2n) is 5.88. The van der Waals surface area contributed by atoms with Crippen molar-refractivity contribution in [3.8, 4) is 0 Å². The zero-order valence-electron chi connectivity index (χ0n) is 13.9. The van der Waals surface area contributed by atoms with Crippen LogP contribution in [0, 0.1) is 6.92 Å². The van der Waals surface area contributed by atoms with Gasteiger partial charge in [0.2, 0.25) is 5.91 Å². The largest absolute Gasteiger partial charge is 0.365 e. The summed E-state index contributed by atoms with van der Waals surface area (Å²) in [7, 11) is 0. The fraction of sp³-hybridized carbons (Fsp3) is 0.389. The molecule has 0 spiro atoms. The molecule has 6 nitrogen and oxygen atoms in total. The molecule has 0 aromatic carbocycles. The molecule has 1 saturated heterocycles. The van der Waals surface area contributed by atoms with Gasteiger partial charge < -0.3 is 14.5 Å². The fourth-order valence-electron chi connectivity index (χ4n) is 2.65. The van der Waals surface area contributed by atoms with Gasteiger partial charge in [-0.3, -0.25) is 9.78 Å². The van der Waals surface area contributed by atoms with Crippen LogP contribution in [0.5, 0.6) is 0 Å². The number of carbonyl (C=O) groups excluding carboxylic acids is 1. The SMILES string of the molecule is Cc1ccc(N2CCN(C(=O)COCc3ccccn3)CC2)nc1. The molecule has 2 aromatic heterocycles. The minimum absolute atomic E-state index is 0.0300. The third-order valence-electron chi connectivity index (χ3n) is 4.05.